The normalized spacial score (nSPS) is 16.0. The van der Waals surface area contributed by atoms with Crippen LogP contribution in [0.2, 0.25) is 0 Å². The lowest BCUT2D eigenvalue weighted by Crippen LogP contribution is -2.32. The molecule has 1 atom stereocenters. The maximum atomic E-state index is 12.6. The third-order valence-electron chi connectivity index (χ3n) is 4.82. The van der Waals surface area contributed by atoms with Gasteiger partial charge in [-0.1, -0.05) is 18.2 Å². The second-order valence-corrected chi connectivity index (χ2v) is 6.47. The number of amides is 2. The average molecular weight is 384 g/mol. The maximum absolute atomic E-state index is 12.6. The van der Waals surface area contributed by atoms with Gasteiger partial charge in [0.15, 0.2) is 0 Å². The molecule has 0 aliphatic carbocycles. The fourth-order valence-electron chi connectivity index (χ4n) is 3.30. The number of carbonyl (C=O) groups is 2. The van der Waals surface area contributed by atoms with E-state index in [1.54, 1.807) is 44.4 Å². The standard InChI is InChI=1S/C21H24N2O5/c1-26-16-8-9-19(28-3)17(11-16)23-13-15(10-20(23)24)21(25)22-12-14-6-4-5-7-18(14)27-2/h4-9,11,15H,10,12-13H2,1-3H3,(H,22,25)/t15-/m0/s1. The van der Waals surface area contributed by atoms with Crippen LogP contribution in [-0.4, -0.2) is 39.7 Å². The fourth-order valence-corrected chi connectivity index (χ4v) is 3.30. The number of methoxy groups -OCH3 is 3. The summed E-state index contributed by atoms with van der Waals surface area (Å²) >= 11 is 0. The van der Waals surface area contributed by atoms with Gasteiger partial charge in [-0.3, -0.25) is 9.59 Å². The molecule has 1 N–H and O–H groups in total. The highest BCUT2D eigenvalue weighted by Gasteiger charge is 2.36. The Bertz CT molecular complexity index is 868. The molecule has 28 heavy (non-hydrogen) atoms. The van der Waals surface area contributed by atoms with E-state index in [1.807, 2.05) is 24.3 Å². The number of benzene rings is 2. The van der Waals surface area contributed by atoms with E-state index in [0.29, 0.717) is 36.0 Å². The van der Waals surface area contributed by atoms with E-state index < -0.39 is 5.92 Å². The molecular weight excluding hydrogens is 360 g/mol. The van der Waals surface area contributed by atoms with E-state index in [0.717, 1.165) is 5.56 Å². The van der Waals surface area contributed by atoms with Gasteiger partial charge in [0.25, 0.3) is 0 Å². The van der Waals surface area contributed by atoms with Crippen LogP contribution in [0, 0.1) is 5.92 Å². The molecule has 2 aromatic carbocycles. The molecule has 148 valence electrons. The van der Waals surface area contributed by atoms with Crippen molar-refractivity contribution in [2.24, 2.45) is 5.92 Å². The quantitative estimate of drug-likeness (QED) is 0.793. The van der Waals surface area contributed by atoms with E-state index in [-0.39, 0.29) is 18.2 Å². The summed E-state index contributed by atoms with van der Waals surface area (Å²) in [6.45, 7) is 0.635. The van der Waals surface area contributed by atoms with Crippen molar-refractivity contribution in [1.82, 2.24) is 5.32 Å². The second kappa shape index (κ2) is 8.65. The molecule has 3 rings (SSSR count). The van der Waals surface area contributed by atoms with Crippen LogP contribution in [0.4, 0.5) is 5.69 Å². The summed E-state index contributed by atoms with van der Waals surface area (Å²) < 4.78 is 15.9. The summed E-state index contributed by atoms with van der Waals surface area (Å²) in [7, 11) is 4.70. The summed E-state index contributed by atoms with van der Waals surface area (Å²) in [5.41, 5.74) is 1.49. The van der Waals surface area contributed by atoms with Crippen molar-refractivity contribution in [2.75, 3.05) is 32.8 Å². The van der Waals surface area contributed by atoms with Crippen LogP contribution in [0.1, 0.15) is 12.0 Å². The van der Waals surface area contributed by atoms with Crippen molar-refractivity contribution in [2.45, 2.75) is 13.0 Å². The molecule has 1 aliphatic heterocycles. The third kappa shape index (κ3) is 4.03. The number of para-hydroxylation sites is 1. The Morgan fingerprint density at radius 1 is 1.07 bits per heavy atom. The summed E-state index contributed by atoms with van der Waals surface area (Å²) in [5.74, 6) is 1.18. The van der Waals surface area contributed by atoms with E-state index >= 15 is 0 Å². The monoisotopic (exact) mass is 384 g/mol. The molecule has 7 heteroatoms. The average Bonchev–Trinajstić information content (AvgIpc) is 3.13. The zero-order valence-electron chi connectivity index (χ0n) is 16.2. The number of ether oxygens (including phenoxy) is 3. The van der Waals surface area contributed by atoms with Gasteiger partial charge in [0.2, 0.25) is 11.8 Å². The topological polar surface area (TPSA) is 77.1 Å². The minimum atomic E-state index is -0.432. The van der Waals surface area contributed by atoms with Gasteiger partial charge >= 0.3 is 0 Å². The van der Waals surface area contributed by atoms with Crippen LogP contribution in [-0.2, 0) is 16.1 Å². The largest absolute Gasteiger partial charge is 0.497 e. The molecule has 2 aromatic rings. The number of hydrogen-bond donors (Lipinski definition) is 1. The van der Waals surface area contributed by atoms with Gasteiger partial charge in [-0.2, -0.15) is 0 Å². The molecule has 1 saturated heterocycles. The first-order valence-corrected chi connectivity index (χ1v) is 8.99. The SMILES string of the molecule is COc1ccc(OC)c(N2C[C@@H](C(=O)NCc3ccccc3OC)CC2=O)c1. The third-order valence-corrected chi connectivity index (χ3v) is 4.82. The molecule has 1 aliphatic rings. The maximum Gasteiger partial charge on any atom is 0.227 e. The highest BCUT2D eigenvalue weighted by atomic mass is 16.5. The van der Waals surface area contributed by atoms with E-state index in [4.69, 9.17) is 14.2 Å². The lowest BCUT2D eigenvalue weighted by atomic mass is 10.1. The zero-order chi connectivity index (χ0) is 20.1. The summed E-state index contributed by atoms with van der Waals surface area (Å²) in [6, 6.07) is 12.8. The number of hydrogen-bond acceptors (Lipinski definition) is 5. The first-order valence-electron chi connectivity index (χ1n) is 8.99. The smallest absolute Gasteiger partial charge is 0.227 e. The minimum Gasteiger partial charge on any atom is -0.497 e. The zero-order valence-corrected chi connectivity index (χ0v) is 16.2. The Hall–Kier alpha value is -3.22. The number of rotatable bonds is 7. The van der Waals surface area contributed by atoms with Crippen LogP contribution in [0.15, 0.2) is 42.5 Å². The van der Waals surface area contributed by atoms with Crippen LogP contribution in [0.3, 0.4) is 0 Å². The Kier molecular flexibility index (Phi) is 6.03. The second-order valence-electron chi connectivity index (χ2n) is 6.47. The number of anilines is 1. The molecule has 0 radical (unpaired) electrons. The minimum absolute atomic E-state index is 0.121. The number of nitrogens with one attached hydrogen (secondary N) is 1. The number of carbonyl (C=O) groups excluding carboxylic acids is 2. The summed E-state index contributed by atoms with van der Waals surface area (Å²) in [5, 5.41) is 2.91. The van der Waals surface area contributed by atoms with Crippen molar-refractivity contribution in [1.29, 1.82) is 0 Å². The predicted octanol–water partition coefficient (Wildman–Crippen LogP) is 2.38. The van der Waals surface area contributed by atoms with Crippen molar-refractivity contribution in [3.05, 3.63) is 48.0 Å². The van der Waals surface area contributed by atoms with E-state index in [2.05, 4.69) is 5.32 Å². The Balaban J connectivity index is 1.69. The van der Waals surface area contributed by atoms with Gasteiger partial charge in [-0.05, 0) is 18.2 Å². The Morgan fingerprint density at radius 3 is 2.54 bits per heavy atom. The molecule has 0 saturated carbocycles. The van der Waals surface area contributed by atoms with Crippen molar-refractivity contribution in [3.8, 4) is 17.2 Å². The summed E-state index contributed by atoms with van der Waals surface area (Å²) in [6.07, 6.45) is 0.151. The van der Waals surface area contributed by atoms with Crippen LogP contribution < -0.4 is 24.4 Å². The molecule has 2 amide bonds. The molecular formula is C21H24N2O5. The van der Waals surface area contributed by atoms with Gasteiger partial charge < -0.3 is 24.4 Å². The van der Waals surface area contributed by atoms with Gasteiger partial charge in [-0.25, -0.2) is 0 Å². The molecule has 0 aromatic heterocycles. The van der Waals surface area contributed by atoms with Crippen molar-refractivity contribution < 1.29 is 23.8 Å². The Morgan fingerprint density at radius 2 is 1.82 bits per heavy atom. The lowest BCUT2D eigenvalue weighted by Gasteiger charge is -2.20. The molecule has 0 bridgehead atoms. The Labute approximate surface area is 164 Å². The van der Waals surface area contributed by atoms with Crippen molar-refractivity contribution >= 4 is 17.5 Å². The van der Waals surface area contributed by atoms with Gasteiger partial charge in [0, 0.05) is 31.1 Å². The molecule has 1 heterocycles. The van der Waals surface area contributed by atoms with Crippen LogP contribution in [0.5, 0.6) is 17.2 Å². The first-order chi connectivity index (χ1) is 13.6. The van der Waals surface area contributed by atoms with Crippen molar-refractivity contribution in [3.63, 3.8) is 0 Å². The predicted molar refractivity (Wildman–Crippen MR) is 105 cm³/mol. The van der Waals surface area contributed by atoms with E-state index in [9.17, 15) is 9.59 Å². The highest BCUT2D eigenvalue weighted by Crippen LogP contribution is 2.36. The molecule has 0 unspecified atom stereocenters. The van der Waals surface area contributed by atoms with Gasteiger partial charge in [-0.15, -0.1) is 0 Å². The first kappa shape index (κ1) is 19.5. The van der Waals surface area contributed by atoms with Crippen LogP contribution >= 0.6 is 0 Å². The van der Waals surface area contributed by atoms with E-state index in [1.165, 1.54) is 0 Å². The molecule has 7 nitrogen and oxygen atoms in total. The molecule has 1 fully saturated rings. The fraction of sp³-hybridized carbons (Fsp3) is 0.333. The van der Waals surface area contributed by atoms with Crippen LogP contribution in [0.25, 0.3) is 0 Å². The lowest BCUT2D eigenvalue weighted by molar-refractivity contribution is -0.126. The van der Waals surface area contributed by atoms with Gasteiger partial charge in [0.05, 0.1) is 32.9 Å². The highest BCUT2D eigenvalue weighted by molar-refractivity contribution is 6.01. The number of nitrogens with zero attached hydrogens (tertiary/aromatic N) is 1. The molecule has 0 spiro atoms. The van der Waals surface area contributed by atoms with Gasteiger partial charge in [0.1, 0.15) is 17.2 Å². The summed E-state index contributed by atoms with van der Waals surface area (Å²) in [4.78, 5) is 26.8.